The van der Waals surface area contributed by atoms with Crippen molar-refractivity contribution in [2.24, 2.45) is 0 Å². The highest BCUT2D eigenvalue weighted by Crippen LogP contribution is 2.39. The number of likely N-dealkylation sites (N-methyl/N-ethyl adjacent to an activating group) is 1. The van der Waals surface area contributed by atoms with Crippen molar-refractivity contribution in [3.63, 3.8) is 0 Å². The summed E-state index contributed by atoms with van der Waals surface area (Å²) < 4.78 is 0.859. The first-order valence-electron chi connectivity index (χ1n) is 9.55. The first kappa shape index (κ1) is 20.9. The lowest BCUT2D eigenvalue weighted by Crippen LogP contribution is -2.44. The van der Waals surface area contributed by atoms with Crippen LogP contribution in [-0.2, 0) is 4.79 Å². The van der Waals surface area contributed by atoms with E-state index in [2.05, 4.69) is 66.0 Å². The van der Waals surface area contributed by atoms with Gasteiger partial charge in [-0.3, -0.25) is 4.79 Å². The van der Waals surface area contributed by atoms with Gasteiger partial charge in [0.25, 0.3) is 5.91 Å². The highest BCUT2D eigenvalue weighted by atomic mass is 79.9. The van der Waals surface area contributed by atoms with Crippen molar-refractivity contribution in [1.29, 1.82) is 5.26 Å². The van der Waals surface area contributed by atoms with Gasteiger partial charge in [-0.2, -0.15) is 5.26 Å². The first-order chi connectivity index (χ1) is 13.7. The van der Waals surface area contributed by atoms with Gasteiger partial charge in [-0.15, -0.1) is 0 Å². The van der Waals surface area contributed by atoms with Gasteiger partial charge in [0.15, 0.2) is 0 Å². The number of halogens is 1. The molecule has 3 rings (SSSR count). The molecule has 29 heavy (non-hydrogen) atoms. The average molecular weight is 450 g/mol. The van der Waals surface area contributed by atoms with Gasteiger partial charge in [0.2, 0.25) is 0 Å². The van der Waals surface area contributed by atoms with E-state index in [0.29, 0.717) is 5.69 Å². The predicted octanol–water partition coefficient (Wildman–Crippen LogP) is 6.02. The summed E-state index contributed by atoms with van der Waals surface area (Å²) in [6, 6.07) is 15.4. The highest BCUT2D eigenvalue weighted by Gasteiger charge is 2.30. The molecule has 1 aliphatic heterocycles. The molecule has 148 valence electrons. The number of nitrogens with zero attached hydrogens (tertiary/aromatic N) is 2. The molecule has 0 atom stereocenters. The molecule has 2 aromatic rings. The van der Waals surface area contributed by atoms with Crippen molar-refractivity contribution in [3.05, 3.63) is 69.7 Å². The van der Waals surface area contributed by atoms with Crippen LogP contribution in [0.25, 0.3) is 11.6 Å². The lowest BCUT2D eigenvalue weighted by molar-refractivity contribution is -0.112. The summed E-state index contributed by atoms with van der Waals surface area (Å²) in [6.07, 6.45) is 3.90. The molecule has 5 heteroatoms. The molecule has 0 fully saturated rings. The molecule has 0 bridgehead atoms. The summed E-state index contributed by atoms with van der Waals surface area (Å²) >= 11 is 3.38. The molecule has 1 N–H and O–H groups in total. The van der Waals surface area contributed by atoms with Crippen LogP contribution in [0, 0.1) is 11.3 Å². The Labute approximate surface area is 180 Å². The topological polar surface area (TPSA) is 56.1 Å². The maximum atomic E-state index is 12.6. The summed E-state index contributed by atoms with van der Waals surface area (Å²) in [7, 11) is 0. The van der Waals surface area contributed by atoms with Gasteiger partial charge in [-0.25, -0.2) is 0 Å². The van der Waals surface area contributed by atoms with Crippen molar-refractivity contribution < 1.29 is 4.79 Å². The zero-order valence-corrected chi connectivity index (χ0v) is 18.7. The molecule has 1 amide bonds. The molecule has 1 aliphatic rings. The zero-order valence-electron chi connectivity index (χ0n) is 17.1. The SMILES string of the molecule is CCN1c2ccc(/C=C(/C#N)C(=O)Nc3cccc(Br)c3)cc2C(C)=CC1(C)C. The average Bonchev–Trinajstić information content (AvgIpc) is 2.66. The third kappa shape index (κ3) is 4.44. The Balaban J connectivity index is 1.92. The minimum absolute atomic E-state index is 0.0507. The van der Waals surface area contributed by atoms with Crippen LogP contribution in [0.4, 0.5) is 11.4 Å². The van der Waals surface area contributed by atoms with E-state index < -0.39 is 5.91 Å². The number of carbonyl (C=O) groups excluding carboxylic acids is 1. The van der Waals surface area contributed by atoms with Gasteiger partial charge in [-0.05, 0) is 75.2 Å². The van der Waals surface area contributed by atoms with Crippen molar-refractivity contribution in [1.82, 2.24) is 0 Å². The van der Waals surface area contributed by atoms with Crippen LogP contribution < -0.4 is 10.2 Å². The van der Waals surface area contributed by atoms with Crippen LogP contribution in [-0.4, -0.2) is 18.0 Å². The number of rotatable bonds is 4. The zero-order chi connectivity index (χ0) is 21.2. The Morgan fingerprint density at radius 2 is 2.03 bits per heavy atom. The number of nitriles is 1. The number of amides is 1. The van der Waals surface area contributed by atoms with Gasteiger partial charge in [0, 0.05) is 28.0 Å². The van der Waals surface area contributed by atoms with E-state index in [0.717, 1.165) is 22.1 Å². The van der Waals surface area contributed by atoms with Gasteiger partial charge in [0.05, 0.1) is 5.54 Å². The minimum Gasteiger partial charge on any atom is -0.363 e. The van der Waals surface area contributed by atoms with Crippen LogP contribution in [0.5, 0.6) is 0 Å². The molecule has 0 spiro atoms. The fourth-order valence-corrected chi connectivity index (χ4v) is 4.25. The maximum Gasteiger partial charge on any atom is 0.266 e. The monoisotopic (exact) mass is 449 g/mol. The number of hydrogen-bond acceptors (Lipinski definition) is 3. The summed E-state index contributed by atoms with van der Waals surface area (Å²) in [5.74, 6) is -0.424. The van der Waals surface area contributed by atoms with Gasteiger partial charge < -0.3 is 10.2 Å². The lowest BCUT2D eigenvalue weighted by Gasteiger charge is -2.42. The van der Waals surface area contributed by atoms with E-state index in [1.54, 1.807) is 18.2 Å². The maximum absolute atomic E-state index is 12.6. The van der Waals surface area contributed by atoms with Gasteiger partial charge in [-0.1, -0.05) is 34.1 Å². The highest BCUT2D eigenvalue weighted by molar-refractivity contribution is 9.10. The number of fused-ring (bicyclic) bond motifs is 1. The summed E-state index contributed by atoms with van der Waals surface area (Å²) in [4.78, 5) is 14.9. The Morgan fingerprint density at radius 1 is 1.28 bits per heavy atom. The number of anilines is 2. The Hall–Kier alpha value is -2.84. The molecular weight excluding hydrogens is 426 g/mol. The number of hydrogen-bond donors (Lipinski definition) is 1. The molecule has 4 nitrogen and oxygen atoms in total. The third-order valence-corrected chi connectivity index (χ3v) is 5.57. The van der Waals surface area contributed by atoms with E-state index in [9.17, 15) is 10.1 Å². The first-order valence-corrected chi connectivity index (χ1v) is 10.3. The second kappa shape index (κ2) is 8.26. The quantitative estimate of drug-likeness (QED) is 0.458. The molecule has 0 saturated heterocycles. The van der Waals surface area contributed by atoms with Crippen molar-refractivity contribution in [3.8, 4) is 6.07 Å². The smallest absolute Gasteiger partial charge is 0.266 e. The van der Waals surface area contributed by atoms with Crippen LogP contribution in [0.15, 0.2) is 58.6 Å². The third-order valence-electron chi connectivity index (χ3n) is 5.08. The van der Waals surface area contributed by atoms with Gasteiger partial charge >= 0.3 is 0 Å². The fraction of sp³-hybridized carbons (Fsp3) is 0.250. The number of allylic oxidation sites excluding steroid dienone is 1. The molecule has 0 aliphatic carbocycles. The van der Waals surface area contributed by atoms with Crippen LogP contribution in [0.2, 0.25) is 0 Å². The van der Waals surface area contributed by atoms with E-state index in [1.165, 1.54) is 11.3 Å². The lowest BCUT2D eigenvalue weighted by atomic mass is 9.88. The molecule has 0 unspecified atom stereocenters. The van der Waals surface area contributed by atoms with E-state index in [-0.39, 0.29) is 11.1 Å². The molecule has 0 saturated carbocycles. The second-order valence-electron chi connectivity index (χ2n) is 7.64. The van der Waals surface area contributed by atoms with Crippen molar-refractivity contribution in [2.75, 3.05) is 16.8 Å². The molecule has 1 heterocycles. The van der Waals surface area contributed by atoms with Gasteiger partial charge in [0.1, 0.15) is 11.6 Å². The molecule has 2 aromatic carbocycles. The standard InChI is InChI=1S/C24H24BrN3O/c1-5-28-22-10-9-17(12-21(22)16(2)14-24(28,3)4)11-18(15-26)23(29)27-20-8-6-7-19(25)13-20/h6-14H,5H2,1-4H3,(H,27,29)/b18-11-. The number of carbonyl (C=O) groups is 1. The largest absolute Gasteiger partial charge is 0.363 e. The van der Waals surface area contributed by atoms with E-state index in [4.69, 9.17) is 0 Å². The Kier molecular flexibility index (Phi) is 5.95. The number of nitrogens with one attached hydrogen (secondary N) is 1. The number of benzene rings is 2. The van der Waals surface area contributed by atoms with Crippen molar-refractivity contribution >= 4 is 44.9 Å². The Morgan fingerprint density at radius 3 is 2.69 bits per heavy atom. The summed E-state index contributed by atoms with van der Waals surface area (Å²) in [5, 5.41) is 12.3. The molecular formula is C24H24BrN3O. The van der Waals surface area contributed by atoms with Crippen LogP contribution in [0.1, 0.15) is 38.8 Å². The molecule has 0 radical (unpaired) electrons. The fourth-order valence-electron chi connectivity index (χ4n) is 3.85. The predicted molar refractivity (Wildman–Crippen MR) is 124 cm³/mol. The van der Waals surface area contributed by atoms with Crippen molar-refractivity contribution in [2.45, 2.75) is 33.2 Å². The normalized spacial score (nSPS) is 15.2. The van der Waals surface area contributed by atoms with E-state index >= 15 is 0 Å². The minimum atomic E-state index is -0.424. The van der Waals surface area contributed by atoms with Crippen LogP contribution in [0.3, 0.4) is 0 Å². The summed E-state index contributed by atoms with van der Waals surface area (Å²) in [5.41, 5.74) is 4.97. The van der Waals surface area contributed by atoms with Crippen LogP contribution >= 0.6 is 15.9 Å². The summed E-state index contributed by atoms with van der Waals surface area (Å²) in [6.45, 7) is 9.56. The molecule has 0 aromatic heterocycles. The van der Waals surface area contributed by atoms with E-state index in [1.807, 2.05) is 30.3 Å². The second-order valence-corrected chi connectivity index (χ2v) is 8.55. The Bertz CT molecular complexity index is 1060.